The summed E-state index contributed by atoms with van der Waals surface area (Å²) in [5, 5.41) is 11.4. The summed E-state index contributed by atoms with van der Waals surface area (Å²) in [7, 11) is 0. The van der Waals surface area contributed by atoms with Crippen LogP contribution in [0.5, 0.6) is 0 Å². The number of nitrogens with one attached hydrogen (secondary N) is 2. The van der Waals surface area contributed by atoms with Crippen LogP contribution in [0.15, 0.2) is 24.3 Å². The average Bonchev–Trinajstić information content (AvgIpc) is 3.22. The predicted octanol–water partition coefficient (Wildman–Crippen LogP) is 1.43. The van der Waals surface area contributed by atoms with E-state index in [-0.39, 0.29) is 0 Å². The molecule has 6 heteroatoms. The Morgan fingerprint density at radius 2 is 1.85 bits per heavy atom. The number of rotatable bonds is 4. The number of carbonyl (C=O) groups is 2. The van der Waals surface area contributed by atoms with Gasteiger partial charge in [0.1, 0.15) is 6.04 Å². The van der Waals surface area contributed by atoms with Crippen molar-refractivity contribution in [3.63, 3.8) is 0 Å². The molecule has 0 aliphatic heterocycles. The summed E-state index contributed by atoms with van der Waals surface area (Å²) in [6, 6.07) is 5.54. The first kappa shape index (κ1) is 20.5. The molecule has 0 unspecified atom stereocenters. The Balaban J connectivity index is 2.02. The zero-order valence-corrected chi connectivity index (χ0v) is 16.0. The minimum Gasteiger partial charge on any atom is -0.338 e. The van der Waals surface area contributed by atoms with E-state index in [9.17, 15) is 9.59 Å². The first-order valence-corrected chi connectivity index (χ1v) is 8.70. The Hall–Kier alpha value is -2.80. The maximum Gasteiger partial charge on any atom is 0.267 e. The van der Waals surface area contributed by atoms with Crippen molar-refractivity contribution in [2.45, 2.75) is 45.7 Å². The highest BCUT2D eigenvalue weighted by molar-refractivity contribution is 5.97. The standard InChI is InChI=1S/C21H25N3O3/c1-20(2)13-16(20)8-6-5-7-14-9-11-15(12-10-14)18(25)23-17(19(26)24-27)21(3,4)22/h9-12,16-17,27H,13,22H2,1-4H3,(H,23,25)(H,24,26)/t16-,17-/m1/s1. The van der Waals surface area contributed by atoms with E-state index in [0.717, 1.165) is 12.0 Å². The summed E-state index contributed by atoms with van der Waals surface area (Å²) in [6.07, 6.45) is 1.11. The summed E-state index contributed by atoms with van der Waals surface area (Å²) in [6.45, 7) is 7.53. The molecule has 2 rings (SSSR count). The van der Waals surface area contributed by atoms with Gasteiger partial charge >= 0.3 is 0 Å². The summed E-state index contributed by atoms with van der Waals surface area (Å²) in [4.78, 5) is 24.1. The predicted molar refractivity (Wildman–Crippen MR) is 102 cm³/mol. The van der Waals surface area contributed by atoms with Crippen molar-refractivity contribution in [2.24, 2.45) is 17.1 Å². The molecule has 1 aromatic carbocycles. The van der Waals surface area contributed by atoms with Gasteiger partial charge in [-0.25, -0.2) is 5.48 Å². The highest BCUT2D eigenvalue weighted by Crippen LogP contribution is 2.50. The minimum absolute atomic E-state index is 0.312. The fourth-order valence-electron chi connectivity index (χ4n) is 2.51. The molecular weight excluding hydrogens is 342 g/mol. The van der Waals surface area contributed by atoms with Gasteiger partial charge in [-0.05, 0) is 61.8 Å². The minimum atomic E-state index is -1.09. The van der Waals surface area contributed by atoms with Crippen molar-refractivity contribution in [2.75, 3.05) is 0 Å². The zero-order valence-electron chi connectivity index (χ0n) is 16.0. The first-order valence-electron chi connectivity index (χ1n) is 8.70. The summed E-state index contributed by atoms with van der Waals surface area (Å²) >= 11 is 0. The van der Waals surface area contributed by atoms with Gasteiger partial charge in [0.25, 0.3) is 11.8 Å². The van der Waals surface area contributed by atoms with E-state index in [2.05, 4.69) is 42.8 Å². The van der Waals surface area contributed by atoms with E-state index < -0.39 is 23.4 Å². The molecule has 1 aliphatic carbocycles. The molecule has 0 radical (unpaired) electrons. The van der Waals surface area contributed by atoms with Crippen LogP contribution in [0.25, 0.3) is 0 Å². The van der Waals surface area contributed by atoms with Crippen molar-refractivity contribution in [3.8, 4) is 23.7 Å². The van der Waals surface area contributed by atoms with E-state index in [1.54, 1.807) is 38.1 Å². The van der Waals surface area contributed by atoms with Gasteiger partial charge in [0.15, 0.2) is 0 Å². The molecule has 0 heterocycles. The first-order chi connectivity index (χ1) is 12.5. The molecule has 1 aromatic rings. The molecule has 2 amide bonds. The summed E-state index contributed by atoms with van der Waals surface area (Å²) < 4.78 is 0. The van der Waals surface area contributed by atoms with Crippen LogP contribution in [-0.2, 0) is 4.79 Å². The maximum absolute atomic E-state index is 12.3. The molecule has 0 bridgehead atoms. The van der Waals surface area contributed by atoms with Crippen molar-refractivity contribution < 1.29 is 14.8 Å². The van der Waals surface area contributed by atoms with Crippen LogP contribution < -0.4 is 16.5 Å². The third-order valence-corrected chi connectivity index (χ3v) is 4.57. The van der Waals surface area contributed by atoms with Crippen LogP contribution in [0.3, 0.4) is 0 Å². The van der Waals surface area contributed by atoms with Crippen molar-refractivity contribution in [1.82, 2.24) is 10.8 Å². The SMILES string of the molecule is CC(C)(N)[C@H](NC(=O)c1ccc(C#CC#C[C@@H]2CC2(C)C)cc1)C(=O)NO. The smallest absolute Gasteiger partial charge is 0.267 e. The fraction of sp³-hybridized carbons (Fsp3) is 0.429. The van der Waals surface area contributed by atoms with E-state index >= 15 is 0 Å². The highest BCUT2D eigenvalue weighted by Gasteiger charge is 2.44. The van der Waals surface area contributed by atoms with Gasteiger partial charge in [-0.1, -0.05) is 25.7 Å². The van der Waals surface area contributed by atoms with Gasteiger partial charge in [-0.2, -0.15) is 0 Å². The van der Waals surface area contributed by atoms with Crippen molar-refractivity contribution in [1.29, 1.82) is 0 Å². The molecule has 5 N–H and O–H groups in total. The van der Waals surface area contributed by atoms with Gasteiger partial charge in [-0.3, -0.25) is 14.8 Å². The second kappa shape index (κ2) is 7.84. The van der Waals surface area contributed by atoms with E-state index in [0.29, 0.717) is 16.9 Å². The number of amides is 2. The monoisotopic (exact) mass is 367 g/mol. The molecule has 1 fully saturated rings. The van der Waals surface area contributed by atoms with E-state index in [1.165, 1.54) is 5.48 Å². The lowest BCUT2D eigenvalue weighted by Crippen LogP contribution is -2.61. The Kier molecular flexibility index (Phi) is 5.95. The normalized spacial score (nSPS) is 18.1. The van der Waals surface area contributed by atoms with Gasteiger partial charge in [0.05, 0.1) is 0 Å². The molecule has 27 heavy (non-hydrogen) atoms. The van der Waals surface area contributed by atoms with Crippen LogP contribution >= 0.6 is 0 Å². The molecule has 6 nitrogen and oxygen atoms in total. The second-order valence-electron chi connectivity index (χ2n) is 8.05. The van der Waals surface area contributed by atoms with Crippen LogP contribution in [-0.4, -0.2) is 28.6 Å². The lowest BCUT2D eigenvalue weighted by Gasteiger charge is -2.29. The number of nitrogens with two attached hydrogens (primary N) is 1. The van der Waals surface area contributed by atoms with E-state index in [4.69, 9.17) is 10.9 Å². The number of carbonyl (C=O) groups excluding carboxylic acids is 2. The van der Waals surface area contributed by atoms with Gasteiger partial charge < -0.3 is 11.1 Å². The quantitative estimate of drug-likeness (QED) is 0.367. The summed E-state index contributed by atoms with van der Waals surface area (Å²) in [5.74, 6) is 11.0. The molecule has 142 valence electrons. The highest BCUT2D eigenvalue weighted by atomic mass is 16.5. The second-order valence-corrected chi connectivity index (χ2v) is 8.05. The number of hydrogen-bond acceptors (Lipinski definition) is 4. The molecule has 0 spiro atoms. The van der Waals surface area contributed by atoms with E-state index in [1.807, 2.05) is 0 Å². The van der Waals surface area contributed by atoms with Gasteiger partial charge in [0, 0.05) is 22.6 Å². The van der Waals surface area contributed by atoms with Crippen LogP contribution in [0.2, 0.25) is 0 Å². The number of hydrogen-bond donors (Lipinski definition) is 4. The number of hydroxylamine groups is 1. The molecule has 0 aromatic heterocycles. The maximum atomic E-state index is 12.3. The molecule has 2 atom stereocenters. The van der Waals surface area contributed by atoms with Crippen molar-refractivity contribution >= 4 is 11.8 Å². The Labute approximate surface area is 159 Å². The van der Waals surface area contributed by atoms with Gasteiger partial charge in [-0.15, -0.1) is 0 Å². The third kappa shape index (κ3) is 5.59. The molecule has 1 saturated carbocycles. The lowest BCUT2D eigenvalue weighted by molar-refractivity contribution is -0.132. The number of benzene rings is 1. The topological polar surface area (TPSA) is 104 Å². The Morgan fingerprint density at radius 1 is 1.26 bits per heavy atom. The van der Waals surface area contributed by atoms with Gasteiger partial charge in [0.2, 0.25) is 0 Å². The largest absolute Gasteiger partial charge is 0.338 e. The average molecular weight is 367 g/mol. The fourth-order valence-corrected chi connectivity index (χ4v) is 2.51. The lowest BCUT2D eigenvalue weighted by atomic mass is 9.95. The third-order valence-electron chi connectivity index (χ3n) is 4.57. The van der Waals surface area contributed by atoms with Crippen LogP contribution in [0.4, 0.5) is 0 Å². The molecular formula is C21H25N3O3. The molecule has 0 saturated heterocycles. The van der Waals surface area contributed by atoms with Crippen LogP contribution in [0.1, 0.15) is 50.0 Å². The summed E-state index contributed by atoms with van der Waals surface area (Å²) in [5.41, 5.74) is 7.77. The molecule has 1 aliphatic rings. The Bertz CT molecular complexity index is 843. The zero-order chi connectivity index (χ0) is 20.2. The van der Waals surface area contributed by atoms with Crippen molar-refractivity contribution in [3.05, 3.63) is 35.4 Å². The van der Waals surface area contributed by atoms with Crippen LogP contribution in [0, 0.1) is 35.0 Å². The Morgan fingerprint density at radius 3 is 2.33 bits per heavy atom.